The molecule has 0 saturated carbocycles. The lowest BCUT2D eigenvalue weighted by atomic mass is 9.89. The maximum atomic E-state index is 10.1. The molecule has 0 bridgehead atoms. The molecule has 0 fully saturated rings. The Kier molecular flexibility index (Phi) is 7.29. The van der Waals surface area contributed by atoms with Crippen LogP contribution in [0.2, 0.25) is 0 Å². The summed E-state index contributed by atoms with van der Waals surface area (Å²) in [5.74, 6) is 1.02. The maximum absolute atomic E-state index is 10.1. The van der Waals surface area contributed by atoms with E-state index >= 15 is 0 Å². The van der Waals surface area contributed by atoms with E-state index in [0.717, 1.165) is 23.3 Å². The highest BCUT2D eigenvalue weighted by atomic mass is 35.5. The van der Waals surface area contributed by atoms with E-state index < -0.39 is 6.10 Å². The summed E-state index contributed by atoms with van der Waals surface area (Å²) >= 11 is 0. The zero-order valence-corrected chi connectivity index (χ0v) is 12.3. The van der Waals surface area contributed by atoms with Crippen molar-refractivity contribution in [3.8, 4) is 5.75 Å². The zero-order chi connectivity index (χ0) is 13.0. The van der Waals surface area contributed by atoms with E-state index in [9.17, 15) is 5.11 Å². The summed E-state index contributed by atoms with van der Waals surface area (Å²) in [5, 5.41) is 10.1. The van der Waals surface area contributed by atoms with Gasteiger partial charge in [0.15, 0.2) is 0 Å². The van der Waals surface area contributed by atoms with Crippen molar-refractivity contribution in [3.05, 3.63) is 29.3 Å². The average Bonchev–Trinajstić information content (AvgIpc) is 2.35. The number of benzene rings is 1. The van der Waals surface area contributed by atoms with Gasteiger partial charge < -0.3 is 15.6 Å². The number of hydrogen-bond acceptors (Lipinski definition) is 3. The van der Waals surface area contributed by atoms with Gasteiger partial charge >= 0.3 is 0 Å². The van der Waals surface area contributed by atoms with E-state index in [0.29, 0.717) is 0 Å². The summed E-state index contributed by atoms with van der Waals surface area (Å²) in [6, 6.07) is 5.42. The van der Waals surface area contributed by atoms with Gasteiger partial charge in [0.1, 0.15) is 5.75 Å². The minimum atomic E-state index is -0.507. The number of methoxy groups -OCH3 is 1. The molecule has 0 aliphatic rings. The van der Waals surface area contributed by atoms with Crippen LogP contribution in [-0.4, -0.2) is 18.3 Å². The molecule has 3 atom stereocenters. The van der Waals surface area contributed by atoms with E-state index in [2.05, 4.69) is 6.92 Å². The third-order valence-corrected chi connectivity index (χ3v) is 3.43. The summed E-state index contributed by atoms with van der Waals surface area (Å²) in [7, 11) is 1.64. The third-order valence-electron chi connectivity index (χ3n) is 3.43. The molecule has 18 heavy (non-hydrogen) atoms. The van der Waals surface area contributed by atoms with Gasteiger partial charge in [0, 0.05) is 0 Å². The first-order valence-electron chi connectivity index (χ1n) is 6.09. The lowest BCUT2D eigenvalue weighted by Crippen LogP contribution is -2.32. The largest absolute Gasteiger partial charge is 0.497 e. The molecule has 1 aromatic carbocycles. The van der Waals surface area contributed by atoms with Crippen LogP contribution in [0.1, 0.15) is 37.4 Å². The number of rotatable bonds is 5. The minimum absolute atomic E-state index is 0. The third kappa shape index (κ3) is 3.87. The number of aliphatic hydroxyl groups is 1. The summed E-state index contributed by atoms with van der Waals surface area (Å²) in [6.45, 7) is 6.06. The summed E-state index contributed by atoms with van der Waals surface area (Å²) in [5.41, 5.74) is 8.16. The maximum Gasteiger partial charge on any atom is 0.119 e. The van der Waals surface area contributed by atoms with Crippen LogP contribution in [-0.2, 0) is 0 Å². The van der Waals surface area contributed by atoms with Crippen LogP contribution in [0.15, 0.2) is 18.2 Å². The molecular weight excluding hydrogens is 250 g/mol. The first-order chi connectivity index (χ1) is 8.01. The molecule has 0 aromatic heterocycles. The van der Waals surface area contributed by atoms with Crippen molar-refractivity contribution in [3.63, 3.8) is 0 Å². The van der Waals surface area contributed by atoms with Crippen LogP contribution in [0.25, 0.3) is 0 Å². The zero-order valence-electron chi connectivity index (χ0n) is 11.5. The quantitative estimate of drug-likeness (QED) is 0.867. The SMILES string of the molecule is CCC(C)[C@@H](O)[C@@H](N)c1ccc(OC)cc1C.Cl. The molecule has 0 saturated heterocycles. The highest BCUT2D eigenvalue weighted by Crippen LogP contribution is 2.26. The highest BCUT2D eigenvalue weighted by molar-refractivity contribution is 5.85. The van der Waals surface area contributed by atoms with Gasteiger partial charge in [-0.15, -0.1) is 12.4 Å². The van der Waals surface area contributed by atoms with E-state index in [1.165, 1.54) is 0 Å². The molecule has 3 N–H and O–H groups in total. The van der Waals surface area contributed by atoms with Gasteiger partial charge in [-0.2, -0.15) is 0 Å². The summed E-state index contributed by atoms with van der Waals surface area (Å²) in [6.07, 6.45) is 0.413. The van der Waals surface area contributed by atoms with Crippen molar-refractivity contribution in [2.45, 2.75) is 39.3 Å². The minimum Gasteiger partial charge on any atom is -0.497 e. The Morgan fingerprint density at radius 1 is 1.39 bits per heavy atom. The van der Waals surface area contributed by atoms with Crippen molar-refractivity contribution < 1.29 is 9.84 Å². The van der Waals surface area contributed by atoms with Gasteiger partial charge in [-0.05, 0) is 36.1 Å². The van der Waals surface area contributed by atoms with E-state index in [1.54, 1.807) is 7.11 Å². The Balaban J connectivity index is 0.00000289. The Morgan fingerprint density at radius 3 is 2.44 bits per heavy atom. The van der Waals surface area contributed by atoms with Gasteiger partial charge in [-0.3, -0.25) is 0 Å². The van der Waals surface area contributed by atoms with E-state index in [1.807, 2.05) is 32.0 Å². The number of aryl methyl sites for hydroxylation is 1. The topological polar surface area (TPSA) is 55.5 Å². The molecular formula is C14H24ClNO2. The predicted octanol–water partition coefficient (Wildman–Crippen LogP) is 2.83. The van der Waals surface area contributed by atoms with Crippen molar-refractivity contribution >= 4 is 12.4 Å². The summed E-state index contributed by atoms with van der Waals surface area (Å²) in [4.78, 5) is 0. The molecule has 0 aliphatic heterocycles. The molecule has 0 spiro atoms. The van der Waals surface area contributed by atoms with Crippen LogP contribution in [0.5, 0.6) is 5.75 Å². The number of nitrogens with two attached hydrogens (primary N) is 1. The van der Waals surface area contributed by atoms with Crippen molar-refractivity contribution in [2.75, 3.05) is 7.11 Å². The number of hydrogen-bond donors (Lipinski definition) is 2. The molecule has 1 aromatic rings. The highest BCUT2D eigenvalue weighted by Gasteiger charge is 2.23. The van der Waals surface area contributed by atoms with E-state index in [4.69, 9.17) is 10.5 Å². The Hall–Kier alpha value is -0.770. The predicted molar refractivity (Wildman–Crippen MR) is 77.4 cm³/mol. The fourth-order valence-electron chi connectivity index (χ4n) is 1.93. The van der Waals surface area contributed by atoms with Crippen LogP contribution < -0.4 is 10.5 Å². The number of aliphatic hydroxyl groups excluding tert-OH is 1. The molecule has 104 valence electrons. The Labute approximate surface area is 116 Å². The van der Waals surface area contributed by atoms with Gasteiger partial charge in [0.25, 0.3) is 0 Å². The Bertz CT molecular complexity index is 371. The van der Waals surface area contributed by atoms with Gasteiger partial charge in [0.2, 0.25) is 0 Å². The lowest BCUT2D eigenvalue weighted by molar-refractivity contribution is 0.0877. The second-order valence-corrected chi connectivity index (χ2v) is 4.62. The van der Waals surface area contributed by atoms with Crippen LogP contribution in [0, 0.1) is 12.8 Å². The molecule has 1 unspecified atom stereocenters. The molecule has 4 heteroatoms. The van der Waals surface area contributed by atoms with Crippen LogP contribution in [0.3, 0.4) is 0 Å². The molecule has 0 amide bonds. The number of halogens is 1. The monoisotopic (exact) mass is 273 g/mol. The smallest absolute Gasteiger partial charge is 0.119 e. The molecule has 0 aliphatic carbocycles. The number of ether oxygens (including phenoxy) is 1. The van der Waals surface area contributed by atoms with Crippen molar-refractivity contribution in [1.82, 2.24) is 0 Å². The fourth-order valence-corrected chi connectivity index (χ4v) is 1.93. The van der Waals surface area contributed by atoms with Crippen LogP contribution >= 0.6 is 12.4 Å². The van der Waals surface area contributed by atoms with Gasteiger partial charge in [-0.25, -0.2) is 0 Å². The van der Waals surface area contributed by atoms with Crippen molar-refractivity contribution in [1.29, 1.82) is 0 Å². The standard InChI is InChI=1S/C14H23NO2.ClH/c1-5-9(2)14(16)13(15)12-7-6-11(17-4)8-10(12)3;/h6-9,13-14,16H,5,15H2,1-4H3;1H/t9?,13-,14+;/m0./s1. The van der Waals surface area contributed by atoms with Gasteiger partial charge in [0.05, 0.1) is 19.3 Å². The molecule has 1 rings (SSSR count). The normalized spacial score (nSPS) is 15.4. The second kappa shape index (κ2) is 7.62. The molecule has 3 nitrogen and oxygen atoms in total. The fraction of sp³-hybridized carbons (Fsp3) is 0.571. The Morgan fingerprint density at radius 2 is 2.00 bits per heavy atom. The summed E-state index contributed by atoms with van der Waals surface area (Å²) < 4.78 is 5.16. The first-order valence-corrected chi connectivity index (χ1v) is 6.09. The van der Waals surface area contributed by atoms with E-state index in [-0.39, 0.29) is 24.4 Å². The first kappa shape index (κ1) is 17.2. The molecule has 0 heterocycles. The lowest BCUT2D eigenvalue weighted by Gasteiger charge is -2.25. The van der Waals surface area contributed by atoms with Crippen LogP contribution in [0.4, 0.5) is 0 Å². The van der Waals surface area contributed by atoms with Gasteiger partial charge in [-0.1, -0.05) is 26.3 Å². The molecule has 0 radical (unpaired) electrons. The van der Waals surface area contributed by atoms with Crippen molar-refractivity contribution in [2.24, 2.45) is 11.7 Å². The second-order valence-electron chi connectivity index (χ2n) is 4.62. The average molecular weight is 274 g/mol.